The maximum absolute atomic E-state index is 14.3. The first kappa shape index (κ1) is 78.0. The number of carbonyl (C=O) groups excluding carboxylic acids is 9. The Balaban J connectivity index is 0.736. The summed E-state index contributed by atoms with van der Waals surface area (Å²) in [6.45, 7) is 10.9. The second-order valence-electron chi connectivity index (χ2n) is 29.7. The van der Waals surface area contributed by atoms with Gasteiger partial charge in [0.1, 0.15) is 0 Å². The minimum Gasteiger partial charge on any atom is -0.361 e. The van der Waals surface area contributed by atoms with Gasteiger partial charge in [-0.3, -0.25) is 43.2 Å². The highest BCUT2D eigenvalue weighted by Crippen LogP contribution is 2.40. The van der Waals surface area contributed by atoms with Gasteiger partial charge in [-0.15, -0.1) is 0 Å². The zero-order valence-corrected chi connectivity index (χ0v) is 66.4. The molecule has 24 bridgehead atoms. The second kappa shape index (κ2) is 33.5. The van der Waals surface area contributed by atoms with Crippen molar-refractivity contribution in [3.63, 3.8) is 0 Å². The van der Waals surface area contributed by atoms with E-state index in [2.05, 4.69) is 159 Å². The molecule has 13 aliphatic rings. The van der Waals surface area contributed by atoms with E-state index in [9.17, 15) is 43.2 Å². The topological polar surface area (TPSA) is 226 Å². The fraction of sp³-hybridized carbons (Fsp3) is 0.0571. The number of benzene rings is 12. The number of Topliss-reactive ketones (excluding diaryl/α,β-unsaturated/α-hetero) is 9. The molecule has 3 aliphatic carbocycles. The number of allylic oxidation sites excluding steroid dienone is 12. The first-order chi connectivity index (χ1) is 58.2. The molecule has 120 heavy (non-hydrogen) atoms. The van der Waals surface area contributed by atoms with Crippen molar-refractivity contribution >= 4 is 86.2 Å². The predicted molar refractivity (Wildman–Crippen MR) is 479 cm³/mol. The van der Waals surface area contributed by atoms with Crippen LogP contribution in [0.2, 0.25) is 0 Å². The maximum atomic E-state index is 14.3. The molecule has 0 atom stereocenters. The largest absolute Gasteiger partial charge is 0.361 e. The number of rotatable bonds is 3. The highest BCUT2D eigenvalue weighted by atomic mass is 16.2. The molecule has 12 aromatic carbocycles. The normalized spacial score (nSPS) is 18.2. The standard InChI is InChI=1S/C105H78N6O9/c1-7-88-97(112)91-55-106-82-34-22-67(23-35-82)76-46-73(64-16-10-61(4)11-17-64)48-78(52-76)69-26-38-84(39-27-69)108-57-93-99(114)89(8-2)101(116)95(104(93)119)59-110-86-42-30-71(31-43-86)80-50-75(66-20-14-63(6)15-21-66)51-81(54-80)72-32-44-87(45-33-72)111-60-96-102(117)90(9-3)100(115)94(105(96)120)58-109-85-40-28-70(29-41-85)79-49-74(65-18-12-62(5)13-19-65)47-77(53-79)68-24-36-83(37-25-68)107-56-92(98(88)113)103(91)118/h7-60,106-111H,1-6H3/b88-7?,89-8?,90-9?,91-55-,92-56+,93-57+,94-58-,95-59-,96-60+. The zero-order chi connectivity index (χ0) is 83.4. The van der Waals surface area contributed by atoms with Crippen LogP contribution in [-0.4, -0.2) is 52.0 Å². The summed E-state index contributed by atoms with van der Waals surface area (Å²) in [4.78, 5) is 127. The molecule has 0 spiro atoms. The Kier molecular flexibility index (Phi) is 21.8. The molecule has 0 aromatic heterocycles. The van der Waals surface area contributed by atoms with Crippen LogP contribution in [0.15, 0.2) is 379 Å². The summed E-state index contributed by atoms with van der Waals surface area (Å²) in [5, 5.41) is 18.9. The highest BCUT2D eigenvalue weighted by molar-refractivity contribution is 6.53. The van der Waals surface area contributed by atoms with E-state index in [0.717, 1.165) is 117 Å². The van der Waals surface area contributed by atoms with Gasteiger partial charge in [0.05, 0.1) is 50.2 Å². The number of anilines is 6. The Labute approximate surface area is 694 Å². The van der Waals surface area contributed by atoms with Gasteiger partial charge >= 0.3 is 0 Å². The van der Waals surface area contributed by atoms with E-state index in [1.165, 1.54) is 55.4 Å². The van der Waals surface area contributed by atoms with Gasteiger partial charge in [-0.25, -0.2) is 0 Å². The first-order valence-corrected chi connectivity index (χ1v) is 39.2. The zero-order valence-electron chi connectivity index (χ0n) is 66.4. The lowest BCUT2D eigenvalue weighted by molar-refractivity contribution is -0.126. The maximum Gasteiger partial charge on any atom is 0.203 e. The molecule has 12 aromatic rings. The van der Waals surface area contributed by atoms with Gasteiger partial charge in [-0.2, -0.15) is 0 Å². The Hall–Kier alpha value is -15.9. The van der Waals surface area contributed by atoms with Gasteiger partial charge in [0, 0.05) is 71.3 Å². The van der Waals surface area contributed by atoms with Crippen LogP contribution in [-0.2, 0) is 43.2 Å². The van der Waals surface area contributed by atoms with E-state index in [0.29, 0.717) is 34.1 Å². The van der Waals surface area contributed by atoms with Gasteiger partial charge in [0.15, 0.2) is 0 Å². The molecule has 15 heteroatoms. The van der Waals surface area contributed by atoms with Gasteiger partial charge in [-0.05, 0) is 269 Å². The fourth-order valence-corrected chi connectivity index (χ4v) is 14.9. The number of aryl methyl sites for hydroxylation is 3. The molecular weight excluding hydrogens is 1490 g/mol. The van der Waals surface area contributed by atoms with Gasteiger partial charge in [-0.1, -0.05) is 181 Å². The first-order valence-electron chi connectivity index (χ1n) is 39.2. The van der Waals surface area contributed by atoms with E-state index in [1.54, 1.807) is 20.8 Å². The smallest absolute Gasteiger partial charge is 0.203 e. The van der Waals surface area contributed by atoms with Crippen molar-refractivity contribution in [2.75, 3.05) is 31.9 Å². The van der Waals surface area contributed by atoms with Crippen LogP contribution >= 0.6 is 0 Å². The Morgan fingerprint density at radius 2 is 0.292 bits per heavy atom. The van der Waals surface area contributed by atoms with E-state index < -0.39 is 52.0 Å². The molecule has 15 nitrogen and oxygen atoms in total. The van der Waals surface area contributed by atoms with Gasteiger partial charge in [0.2, 0.25) is 52.0 Å². The third-order valence-corrected chi connectivity index (χ3v) is 21.8. The summed E-state index contributed by atoms with van der Waals surface area (Å²) >= 11 is 0. The van der Waals surface area contributed by atoms with Crippen molar-refractivity contribution in [2.45, 2.75) is 41.5 Å². The van der Waals surface area contributed by atoms with E-state index in [-0.39, 0.29) is 50.2 Å². The van der Waals surface area contributed by atoms with Crippen molar-refractivity contribution in [3.8, 4) is 100 Å². The Morgan fingerprint density at radius 3 is 0.417 bits per heavy atom. The molecule has 0 saturated heterocycles. The lowest BCUT2D eigenvalue weighted by Crippen LogP contribution is -2.32. The molecule has 0 amide bonds. The lowest BCUT2D eigenvalue weighted by atomic mass is 9.83. The van der Waals surface area contributed by atoms with Gasteiger partial charge in [0.25, 0.3) is 0 Å². The third kappa shape index (κ3) is 16.2. The van der Waals surface area contributed by atoms with Crippen LogP contribution in [0.25, 0.3) is 100 Å². The number of hydrogen-bond donors (Lipinski definition) is 6. The molecule has 3 saturated carbocycles. The van der Waals surface area contributed by atoms with Crippen LogP contribution in [0, 0.1) is 20.8 Å². The Morgan fingerprint density at radius 1 is 0.167 bits per heavy atom. The minimum absolute atomic E-state index is 0.142. The summed E-state index contributed by atoms with van der Waals surface area (Å²) in [6.07, 6.45) is 12.3. The summed E-state index contributed by atoms with van der Waals surface area (Å²) in [6, 6.07) is 89.1. The molecule has 10 heterocycles. The molecule has 0 radical (unpaired) electrons. The van der Waals surface area contributed by atoms with Crippen molar-refractivity contribution in [3.05, 3.63) is 395 Å². The van der Waals surface area contributed by atoms with Crippen molar-refractivity contribution < 1.29 is 43.2 Å². The summed E-state index contributed by atoms with van der Waals surface area (Å²) in [5.74, 6) is -6.46. The van der Waals surface area contributed by atoms with E-state index >= 15 is 0 Å². The Bertz CT molecular complexity index is 5650. The average molecular weight is 1570 g/mol. The molecule has 3 fully saturated rings. The molecule has 25 rings (SSSR count). The highest BCUT2D eigenvalue weighted by Gasteiger charge is 2.41. The number of ketones is 9. The summed E-state index contributed by atoms with van der Waals surface area (Å²) < 4.78 is 0. The van der Waals surface area contributed by atoms with Gasteiger partial charge < -0.3 is 31.9 Å². The second-order valence-corrected chi connectivity index (χ2v) is 29.7. The minimum atomic E-state index is -0.748. The van der Waals surface area contributed by atoms with E-state index in [1.807, 2.05) is 166 Å². The van der Waals surface area contributed by atoms with E-state index in [4.69, 9.17) is 0 Å². The molecule has 582 valence electrons. The third-order valence-electron chi connectivity index (χ3n) is 21.8. The summed E-state index contributed by atoms with van der Waals surface area (Å²) in [5.41, 5.74) is 21.6. The van der Waals surface area contributed by atoms with Crippen LogP contribution in [0.3, 0.4) is 0 Å². The van der Waals surface area contributed by atoms with Crippen molar-refractivity contribution in [1.29, 1.82) is 0 Å². The van der Waals surface area contributed by atoms with Crippen LogP contribution < -0.4 is 31.9 Å². The average Bonchev–Trinajstić information content (AvgIpc) is 0.785. The number of carbonyl (C=O) groups is 9. The quantitative estimate of drug-likeness (QED) is 0.0714. The van der Waals surface area contributed by atoms with Crippen LogP contribution in [0.1, 0.15) is 37.5 Å². The van der Waals surface area contributed by atoms with Crippen molar-refractivity contribution in [1.82, 2.24) is 0 Å². The predicted octanol–water partition coefficient (Wildman–Crippen LogP) is 21.8. The SMILES string of the molecule is CC=C1C(=O)/C2=C/Nc3ccc(cc3)-c3cc(-c4ccc(C)cc4)cc(c3)-c3ccc(cc3)N/C=C3\C(=O)C(=CC)C(=O)/C(=C/Nc4ccc(cc4)-c4cc(-c5ccc(C)cc5)cc(c4)-c4ccc(cc4)N/C=C4\C(=O)C(=CC)C(=O)/C(=C/Nc5ccc(cc5)-c5cc(-c6ccc(C)cc6)cc(c5)-c5ccc(cc5)N/C=C(\C1=O)C2=O)C4=O)C3=O. The molecule has 0 unspecified atom stereocenters. The lowest BCUT2D eigenvalue weighted by Gasteiger charge is -2.18. The molecule has 6 N–H and O–H groups in total. The fourth-order valence-electron chi connectivity index (χ4n) is 14.9. The summed E-state index contributed by atoms with van der Waals surface area (Å²) in [7, 11) is 0. The number of hydrogen-bond acceptors (Lipinski definition) is 15. The molecular formula is C105H78N6O9. The van der Waals surface area contributed by atoms with Crippen LogP contribution in [0.5, 0.6) is 0 Å². The van der Waals surface area contributed by atoms with Crippen LogP contribution in [0.4, 0.5) is 34.1 Å². The monoisotopic (exact) mass is 1570 g/mol. The number of nitrogens with one attached hydrogen (secondary N) is 6. The molecule has 10 aliphatic heterocycles. The van der Waals surface area contributed by atoms with Crippen molar-refractivity contribution in [2.24, 2.45) is 0 Å².